The monoisotopic (exact) mass is 664 g/mol. The maximum atomic E-state index is 2.50. The minimum atomic E-state index is 0.291. The molecule has 10 rings (SSSR count). The third-order valence-electron chi connectivity index (χ3n) is 11.7. The molecule has 0 heterocycles. The minimum absolute atomic E-state index is 0.291. The molecule has 0 aliphatic heterocycles. The van der Waals surface area contributed by atoms with E-state index in [1.807, 2.05) is 0 Å². The van der Waals surface area contributed by atoms with E-state index in [1.165, 1.54) is 88.4 Å². The van der Waals surface area contributed by atoms with Crippen molar-refractivity contribution in [1.29, 1.82) is 0 Å². The second kappa shape index (κ2) is 13.0. The summed E-state index contributed by atoms with van der Waals surface area (Å²) < 4.78 is 0. The molecule has 4 aliphatic carbocycles. The number of benzene rings is 6. The summed E-state index contributed by atoms with van der Waals surface area (Å²) in [4.78, 5) is 0. The number of aryl methyl sites for hydroxylation is 1. The SMILES string of the molecule is C1=CC2C(C3=CC(C4=CCCc5ccccc54)=CCC3)=CC=C(c3ccc(-c4cccc(-c5cccc6ccccc56)c4)c4ccccc34)C2C=C1. The Balaban J connectivity index is 1.04. The predicted octanol–water partition coefficient (Wildman–Crippen LogP) is 13.7. The zero-order valence-corrected chi connectivity index (χ0v) is 29.3. The molecule has 52 heavy (non-hydrogen) atoms. The van der Waals surface area contributed by atoms with Crippen molar-refractivity contribution in [1.82, 2.24) is 0 Å². The standard InChI is InChI=1S/C52H40/c1-3-21-41-35(13-1)15-11-27-43(41)37-17-9-19-39(33-37)45-29-31-51(49-25-7-5-23-47(45)49)52-32-30-46(48-24-6-8-26-50(48)52)40-20-10-18-38(34-40)44-28-12-16-36-14-2-4-22-42(36)44/h1-9,11,13-15,17-19,21-34,48,50H,10,12,16,20H2. The van der Waals surface area contributed by atoms with Crippen LogP contribution in [0.3, 0.4) is 0 Å². The molecule has 0 heteroatoms. The summed E-state index contributed by atoms with van der Waals surface area (Å²) >= 11 is 0. The van der Waals surface area contributed by atoms with E-state index in [-0.39, 0.29) is 0 Å². The fourth-order valence-electron chi connectivity index (χ4n) is 9.20. The fraction of sp³-hybridized carbons (Fsp3) is 0.115. The Bertz CT molecular complexity index is 2620. The van der Waals surface area contributed by atoms with Gasteiger partial charge in [0.15, 0.2) is 0 Å². The van der Waals surface area contributed by atoms with Gasteiger partial charge in [0.25, 0.3) is 0 Å². The largest absolute Gasteiger partial charge is 0.0763 e. The molecule has 0 saturated heterocycles. The molecule has 0 N–H and O–H groups in total. The van der Waals surface area contributed by atoms with Crippen LogP contribution in [0.4, 0.5) is 0 Å². The van der Waals surface area contributed by atoms with Crippen molar-refractivity contribution in [2.45, 2.75) is 25.7 Å². The average Bonchev–Trinajstić information content (AvgIpc) is 3.22. The van der Waals surface area contributed by atoms with Gasteiger partial charge in [-0.25, -0.2) is 0 Å². The van der Waals surface area contributed by atoms with Gasteiger partial charge in [-0.3, -0.25) is 0 Å². The Morgan fingerprint density at radius 2 is 1.08 bits per heavy atom. The van der Waals surface area contributed by atoms with E-state index in [1.54, 1.807) is 0 Å². The normalized spacial score (nSPS) is 19.3. The molecule has 2 unspecified atom stereocenters. The fourth-order valence-corrected chi connectivity index (χ4v) is 9.20. The summed E-state index contributed by atoms with van der Waals surface area (Å²) in [5.41, 5.74) is 16.4. The van der Waals surface area contributed by atoms with E-state index < -0.39 is 0 Å². The molecular formula is C52H40. The topological polar surface area (TPSA) is 0 Å². The molecule has 0 spiro atoms. The van der Waals surface area contributed by atoms with Crippen molar-refractivity contribution in [3.8, 4) is 22.3 Å². The van der Waals surface area contributed by atoms with Crippen LogP contribution in [0.2, 0.25) is 0 Å². The van der Waals surface area contributed by atoms with E-state index in [9.17, 15) is 0 Å². The first kappa shape index (κ1) is 30.8. The lowest BCUT2D eigenvalue weighted by atomic mass is 9.69. The van der Waals surface area contributed by atoms with E-state index in [2.05, 4.69) is 182 Å². The van der Waals surface area contributed by atoms with Crippen LogP contribution in [0.5, 0.6) is 0 Å². The molecule has 4 aliphatic rings. The Hall–Kier alpha value is -5.98. The number of allylic oxidation sites excluding steroid dienone is 14. The lowest BCUT2D eigenvalue weighted by molar-refractivity contribution is 0.638. The Morgan fingerprint density at radius 3 is 1.94 bits per heavy atom. The third-order valence-corrected chi connectivity index (χ3v) is 11.7. The first-order valence-electron chi connectivity index (χ1n) is 18.9. The molecule has 0 amide bonds. The maximum absolute atomic E-state index is 2.50. The third kappa shape index (κ3) is 5.30. The highest BCUT2D eigenvalue weighted by Crippen LogP contribution is 2.47. The summed E-state index contributed by atoms with van der Waals surface area (Å²) in [7, 11) is 0. The quantitative estimate of drug-likeness (QED) is 0.172. The Labute approximate surface area is 306 Å². The highest BCUT2D eigenvalue weighted by atomic mass is 14.4. The van der Waals surface area contributed by atoms with Crippen LogP contribution in [0.25, 0.3) is 54.9 Å². The van der Waals surface area contributed by atoms with Gasteiger partial charge >= 0.3 is 0 Å². The summed E-state index contributed by atoms with van der Waals surface area (Å²) in [6, 6.07) is 47.1. The highest BCUT2D eigenvalue weighted by molar-refractivity contribution is 6.04. The predicted molar refractivity (Wildman–Crippen MR) is 222 cm³/mol. The van der Waals surface area contributed by atoms with Crippen molar-refractivity contribution < 1.29 is 0 Å². The van der Waals surface area contributed by atoms with Crippen molar-refractivity contribution in [3.05, 3.63) is 215 Å². The molecule has 0 nitrogen and oxygen atoms in total. The van der Waals surface area contributed by atoms with E-state index in [4.69, 9.17) is 0 Å². The Morgan fingerprint density at radius 1 is 0.462 bits per heavy atom. The zero-order valence-electron chi connectivity index (χ0n) is 29.3. The summed E-state index contributed by atoms with van der Waals surface area (Å²) in [5, 5.41) is 5.16. The summed E-state index contributed by atoms with van der Waals surface area (Å²) in [6.45, 7) is 0. The maximum Gasteiger partial charge on any atom is 0.0131 e. The number of rotatable bonds is 5. The van der Waals surface area contributed by atoms with Crippen LogP contribution in [-0.2, 0) is 6.42 Å². The second-order valence-corrected chi connectivity index (χ2v) is 14.6. The van der Waals surface area contributed by atoms with Gasteiger partial charge in [-0.15, -0.1) is 0 Å². The zero-order chi connectivity index (χ0) is 34.4. The van der Waals surface area contributed by atoms with E-state index in [0.29, 0.717) is 11.8 Å². The van der Waals surface area contributed by atoms with Gasteiger partial charge in [-0.1, -0.05) is 176 Å². The van der Waals surface area contributed by atoms with Gasteiger partial charge in [0.05, 0.1) is 0 Å². The highest BCUT2D eigenvalue weighted by Gasteiger charge is 2.32. The first-order valence-corrected chi connectivity index (χ1v) is 18.9. The molecule has 248 valence electrons. The van der Waals surface area contributed by atoms with Crippen LogP contribution in [0.15, 0.2) is 199 Å². The molecule has 0 bridgehead atoms. The first-order chi connectivity index (χ1) is 25.8. The van der Waals surface area contributed by atoms with Gasteiger partial charge < -0.3 is 0 Å². The van der Waals surface area contributed by atoms with Crippen LogP contribution in [0, 0.1) is 11.8 Å². The lowest BCUT2D eigenvalue weighted by Crippen LogP contribution is -2.21. The molecular weight excluding hydrogens is 625 g/mol. The molecule has 0 aromatic heterocycles. The van der Waals surface area contributed by atoms with Crippen molar-refractivity contribution in [2.75, 3.05) is 0 Å². The number of hydrogen-bond donors (Lipinski definition) is 0. The molecule has 0 fully saturated rings. The van der Waals surface area contributed by atoms with E-state index in [0.717, 1.165) is 25.7 Å². The van der Waals surface area contributed by atoms with Crippen LogP contribution in [-0.4, -0.2) is 0 Å². The van der Waals surface area contributed by atoms with Crippen molar-refractivity contribution in [2.24, 2.45) is 11.8 Å². The van der Waals surface area contributed by atoms with Crippen LogP contribution < -0.4 is 0 Å². The van der Waals surface area contributed by atoms with Gasteiger partial charge in [-0.05, 0) is 120 Å². The van der Waals surface area contributed by atoms with E-state index >= 15 is 0 Å². The minimum Gasteiger partial charge on any atom is -0.0763 e. The van der Waals surface area contributed by atoms with Gasteiger partial charge in [0.1, 0.15) is 0 Å². The van der Waals surface area contributed by atoms with Crippen LogP contribution >= 0.6 is 0 Å². The van der Waals surface area contributed by atoms with Gasteiger partial charge in [-0.2, -0.15) is 0 Å². The molecule has 0 radical (unpaired) electrons. The van der Waals surface area contributed by atoms with Gasteiger partial charge in [0.2, 0.25) is 0 Å². The molecule has 6 aromatic rings. The van der Waals surface area contributed by atoms with Crippen LogP contribution in [0.1, 0.15) is 36.0 Å². The molecule has 6 aromatic carbocycles. The van der Waals surface area contributed by atoms with Crippen molar-refractivity contribution >= 4 is 32.7 Å². The molecule has 2 atom stereocenters. The second-order valence-electron chi connectivity index (χ2n) is 14.6. The molecule has 0 saturated carbocycles. The Kier molecular flexibility index (Phi) is 7.68. The summed E-state index contributed by atoms with van der Waals surface area (Å²) in [6.07, 6.45) is 26.1. The smallest absolute Gasteiger partial charge is 0.0131 e. The average molecular weight is 665 g/mol. The number of fused-ring (bicyclic) bond motifs is 4. The van der Waals surface area contributed by atoms with Gasteiger partial charge in [0, 0.05) is 11.8 Å². The lowest BCUT2D eigenvalue weighted by Gasteiger charge is -2.34. The summed E-state index contributed by atoms with van der Waals surface area (Å²) in [5.74, 6) is 0.609. The van der Waals surface area contributed by atoms with Crippen molar-refractivity contribution in [3.63, 3.8) is 0 Å². The number of hydrogen-bond acceptors (Lipinski definition) is 0.